The van der Waals surface area contributed by atoms with E-state index >= 15 is 0 Å². The van der Waals surface area contributed by atoms with E-state index in [2.05, 4.69) is 28.9 Å². The number of rotatable bonds is 9. The Balaban J connectivity index is 1.47. The fraction of sp³-hybridized carbons (Fsp3) is 0.517. The van der Waals surface area contributed by atoms with Crippen molar-refractivity contribution in [2.45, 2.75) is 91.8 Å². The van der Waals surface area contributed by atoms with Gasteiger partial charge in [0.05, 0.1) is 11.6 Å². The number of ketones is 2. The maximum Gasteiger partial charge on any atom is 0.245 e. The van der Waals surface area contributed by atoms with E-state index < -0.39 is 0 Å². The first-order valence-corrected chi connectivity index (χ1v) is 13.3. The minimum Gasteiger partial charge on any atom is -0.327 e. The summed E-state index contributed by atoms with van der Waals surface area (Å²) in [6, 6.07) is 3.70. The lowest BCUT2D eigenvalue weighted by molar-refractivity contribution is -0.139. The third-order valence-electron chi connectivity index (χ3n) is 8.09. The number of unbranched alkanes of at least 4 members (excludes halogenated alkanes) is 2. The first-order chi connectivity index (χ1) is 17.6. The van der Waals surface area contributed by atoms with Crippen molar-refractivity contribution >= 4 is 28.4 Å². The van der Waals surface area contributed by atoms with Gasteiger partial charge in [-0.1, -0.05) is 26.7 Å². The number of hydrogen-bond donors (Lipinski definition) is 0. The molecule has 194 valence electrons. The molecular formula is C29H35N5O3. The molecule has 1 aliphatic heterocycles. The van der Waals surface area contributed by atoms with Crippen molar-refractivity contribution in [2.75, 3.05) is 0 Å². The van der Waals surface area contributed by atoms with Crippen LogP contribution in [0.4, 0.5) is 0 Å². The van der Waals surface area contributed by atoms with Crippen LogP contribution in [0.2, 0.25) is 0 Å². The van der Waals surface area contributed by atoms with Crippen molar-refractivity contribution in [3.05, 3.63) is 41.6 Å². The number of carbonyl (C=O) groups excluding carboxylic acids is 3. The summed E-state index contributed by atoms with van der Waals surface area (Å²) in [7, 11) is 0. The number of aryl methyl sites for hydroxylation is 2. The predicted molar refractivity (Wildman–Crippen MR) is 141 cm³/mol. The Hall–Kier alpha value is -3.42. The molecule has 1 aromatic carbocycles. The van der Waals surface area contributed by atoms with Gasteiger partial charge in [-0.3, -0.25) is 19.1 Å². The molecule has 0 radical (unpaired) electrons. The Kier molecular flexibility index (Phi) is 6.46. The van der Waals surface area contributed by atoms with E-state index in [1.165, 1.54) is 6.92 Å². The van der Waals surface area contributed by atoms with Crippen LogP contribution in [0.5, 0.6) is 0 Å². The van der Waals surface area contributed by atoms with Gasteiger partial charge in [0.2, 0.25) is 5.91 Å². The van der Waals surface area contributed by atoms with Crippen LogP contribution in [0.15, 0.2) is 24.5 Å². The molecule has 2 aliphatic rings. The van der Waals surface area contributed by atoms with Crippen LogP contribution < -0.4 is 0 Å². The third-order valence-corrected chi connectivity index (χ3v) is 8.09. The molecule has 1 amide bonds. The van der Waals surface area contributed by atoms with Crippen LogP contribution >= 0.6 is 0 Å². The van der Waals surface area contributed by atoms with Gasteiger partial charge in [-0.25, -0.2) is 9.97 Å². The van der Waals surface area contributed by atoms with E-state index in [0.717, 1.165) is 54.3 Å². The number of Topliss-reactive ketones (excluding diaryl/α,β-unsaturated/α-hetero) is 2. The molecule has 3 atom stereocenters. The van der Waals surface area contributed by atoms with Crippen LogP contribution in [0.1, 0.15) is 81.2 Å². The summed E-state index contributed by atoms with van der Waals surface area (Å²) in [5.41, 5.74) is 3.79. The second kappa shape index (κ2) is 9.47. The van der Waals surface area contributed by atoms with Crippen molar-refractivity contribution in [1.29, 1.82) is 0 Å². The molecule has 3 aromatic rings. The molecule has 0 N–H and O–H groups in total. The normalized spacial score (nSPS) is 22.4. The molecule has 0 spiro atoms. The van der Waals surface area contributed by atoms with Crippen molar-refractivity contribution in [2.24, 2.45) is 5.41 Å². The fourth-order valence-corrected chi connectivity index (χ4v) is 5.95. The lowest BCUT2D eigenvalue weighted by atomic mass is 9.96. The molecule has 1 aliphatic carbocycles. The summed E-state index contributed by atoms with van der Waals surface area (Å²) in [4.78, 5) is 49.8. The summed E-state index contributed by atoms with van der Waals surface area (Å²) >= 11 is 0. The fourth-order valence-electron chi connectivity index (χ4n) is 5.95. The van der Waals surface area contributed by atoms with E-state index in [-0.39, 0.29) is 41.5 Å². The standard InChI is InChI=1S/C29H35N5O3/c1-6-7-8-9-24(36)23-12-29(5)13-25(29)34(23)26(37)16-33-28-17(2)10-20(21-14-30-19(4)31-15-21)11-22(28)27(32-33)18(3)35/h10-11,14-15,23,25H,6-9,12-13,16H2,1-5H3/t23-,25+,29-/m0/s1. The van der Waals surface area contributed by atoms with Crippen LogP contribution in [0, 0.1) is 19.3 Å². The molecule has 8 nitrogen and oxygen atoms in total. The molecule has 8 heteroatoms. The molecular weight excluding hydrogens is 466 g/mol. The van der Waals surface area contributed by atoms with Gasteiger partial charge in [0.25, 0.3) is 0 Å². The third kappa shape index (κ3) is 4.58. The number of nitrogens with zero attached hydrogens (tertiary/aromatic N) is 5. The largest absolute Gasteiger partial charge is 0.327 e. The number of piperidine rings is 1. The van der Waals surface area contributed by atoms with Crippen molar-refractivity contribution < 1.29 is 14.4 Å². The molecule has 5 rings (SSSR count). The van der Waals surface area contributed by atoms with Crippen LogP contribution in [-0.4, -0.2) is 54.2 Å². The predicted octanol–water partition coefficient (Wildman–Crippen LogP) is 4.84. The van der Waals surface area contributed by atoms with Gasteiger partial charge in [0, 0.05) is 42.7 Å². The average molecular weight is 502 g/mol. The maximum atomic E-state index is 13.7. The Morgan fingerprint density at radius 1 is 1.05 bits per heavy atom. The molecule has 0 unspecified atom stereocenters. The minimum absolute atomic E-state index is 0.00291. The van der Waals surface area contributed by atoms with E-state index in [1.54, 1.807) is 17.1 Å². The zero-order chi connectivity index (χ0) is 26.5. The SMILES string of the molecule is CCCCCC(=O)[C@@H]1C[C@@]2(C)C[C@H]2N1C(=O)Cn1nc(C(C)=O)c2cc(-c3cnc(C)nc3)cc(C)c21. The summed E-state index contributed by atoms with van der Waals surface area (Å²) in [6.07, 6.45) is 8.69. The van der Waals surface area contributed by atoms with Crippen LogP contribution in [-0.2, 0) is 16.1 Å². The van der Waals surface area contributed by atoms with E-state index in [1.807, 2.05) is 30.9 Å². The number of fused-ring (bicyclic) bond motifs is 2. The number of benzene rings is 1. The van der Waals surface area contributed by atoms with Crippen molar-refractivity contribution in [3.63, 3.8) is 0 Å². The monoisotopic (exact) mass is 501 g/mol. The maximum absolute atomic E-state index is 13.7. The summed E-state index contributed by atoms with van der Waals surface area (Å²) in [6.45, 7) is 9.58. The Morgan fingerprint density at radius 2 is 1.78 bits per heavy atom. The highest BCUT2D eigenvalue weighted by Crippen LogP contribution is 2.59. The first-order valence-electron chi connectivity index (χ1n) is 13.3. The van der Waals surface area contributed by atoms with Gasteiger partial charge in [-0.15, -0.1) is 0 Å². The highest BCUT2D eigenvalue weighted by Gasteiger charge is 2.64. The highest BCUT2D eigenvalue weighted by molar-refractivity contribution is 6.07. The van der Waals surface area contributed by atoms with Gasteiger partial charge in [0.1, 0.15) is 18.1 Å². The van der Waals surface area contributed by atoms with Gasteiger partial charge >= 0.3 is 0 Å². The van der Waals surface area contributed by atoms with Crippen molar-refractivity contribution in [1.82, 2.24) is 24.6 Å². The number of carbonyl (C=O) groups is 3. The zero-order valence-corrected chi connectivity index (χ0v) is 22.4. The lowest BCUT2D eigenvalue weighted by Crippen LogP contribution is -2.44. The molecule has 2 aromatic heterocycles. The number of hydrogen-bond acceptors (Lipinski definition) is 6. The topological polar surface area (TPSA) is 98.1 Å². The van der Waals surface area contributed by atoms with Gasteiger partial charge < -0.3 is 4.90 Å². The number of aromatic nitrogens is 4. The smallest absolute Gasteiger partial charge is 0.245 e. The van der Waals surface area contributed by atoms with Gasteiger partial charge in [-0.05, 0) is 61.8 Å². The molecule has 0 bridgehead atoms. The molecule has 3 heterocycles. The number of amides is 1. The summed E-state index contributed by atoms with van der Waals surface area (Å²) in [5, 5.41) is 5.31. The Labute approximate surface area is 217 Å². The van der Waals surface area contributed by atoms with E-state index in [9.17, 15) is 14.4 Å². The van der Waals surface area contributed by atoms with Gasteiger partial charge in [0.15, 0.2) is 11.6 Å². The second-order valence-corrected chi connectivity index (χ2v) is 11.1. The Bertz CT molecular complexity index is 1390. The second-order valence-electron chi connectivity index (χ2n) is 11.1. The van der Waals surface area contributed by atoms with Crippen LogP contribution in [0.25, 0.3) is 22.0 Å². The quantitative estimate of drug-likeness (QED) is 0.307. The van der Waals surface area contributed by atoms with Crippen LogP contribution in [0.3, 0.4) is 0 Å². The number of likely N-dealkylation sites (tertiary alicyclic amines) is 1. The van der Waals surface area contributed by atoms with Gasteiger partial charge in [-0.2, -0.15) is 5.10 Å². The van der Waals surface area contributed by atoms with Crippen molar-refractivity contribution in [3.8, 4) is 11.1 Å². The molecule has 2 fully saturated rings. The summed E-state index contributed by atoms with van der Waals surface area (Å²) < 4.78 is 1.65. The first kappa shape index (κ1) is 25.2. The lowest BCUT2D eigenvalue weighted by Gasteiger charge is -2.27. The Morgan fingerprint density at radius 3 is 2.46 bits per heavy atom. The average Bonchev–Trinajstić information content (AvgIpc) is 3.21. The minimum atomic E-state index is -0.351. The molecule has 37 heavy (non-hydrogen) atoms. The molecule has 1 saturated carbocycles. The summed E-state index contributed by atoms with van der Waals surface area (Å²) in [5.74, 6) is 0.599. The van der Waals surface area contributed by atoms with E-state index in [4.69, 9.17) is 0 Å². The molecule has 1 saturated heterocycles. The zero-order valence-electron chi connectivity index (χ0n) is 22.4. The highest BCUT2D eigenvalue weighted by atomic mass is 16.2. The van der Waals surface area contributed by atoms with E-state index in [0.29, 0.717) is 23.3 Å².